The molecule has 5 heteroatoms. The summed E-state index contributed by atoms with van der Waals surface area (Å²) in [5, 5.41) is 6.40. The van der Waals surface area contributed by atoms with Crippen molar-refractivity contribution in [2.75, 3.05) is 13.1 Å². The summed E-state index contributed by atoms with van der Waals surface area (Å²) in [6.07, 6.45) is 4.10. The predicted molar refractivity (Wildman–Crippen MR) is 125 cm³/mol. The Morgan fingerprint density at radius 3 is 2.53 bits per heavy atom. The Morgan fingerprint density at radius 2 is 1.69 bits per heavy atom. The fourth-order valence-corrected chi connectivity index (χ4v) is 4.59. The molecule has 3 aromatic carbocycles. The second-order valence-corrected chi connectivity index (χ2v) is 8.55. The van der Waals surface area contributed by atoms with Gasteiger partial charge >= 0.3 is 0 Å². The Morgan fingerprint density at radius 1 is 0.938 bits per heavy atom. The molecule has 0 unspecified atom stereocenters. The molecule has 1 aliphatic heterocycles. The molecule has 0 atom stereocenters. The van der Waals surface area contributed by atoms with Crippen molar-refractivity contribution in [1.82, 2.24) is 15.0 Å². The van der Waals surface area contributed by atoms with Gasteiger partial charge in [0.25, 0.3) is 0 Å². The molecule has 0 aliphatic carbocycles. The van der Waals surface area contributed by atoms with Crippen molar-refractivity contribution >= 4 is 16.7 Å². The summed E-state index contributed by atoms with van der Waals surface area (Å²) in [5.74, 6) is 1.92. The van der Waals surface area contributed by atoms with Crippen LogP contribution in [0.15, 0.2) is 77.3 Å². The number of carbonyl (C=O) groups excluding carboxylic acids is 1. The fourth-order valence-electron chi connectivity index (χ4n) is 4.59. The second-order valence-electron chi connectivity index (χ2n) is 8.55. The third-order valence-electron chi connectivity index (χ3n) is 6.39. The molecule has 0 spiro atoms. The standard InChI is InChI=1S/C27H27N3O2/c31-26(30-17-15-21(16-18-30)19-20-7-2-1-3-8-20)14-13-25-28-27(29-32-25)24-12-6-10-22-9-4-5-11-23(22)24/h1-12,21H,13-19H2. The van der Waals surface area contributed by atoms with Crippen LogP contribution in [0.2, 0.25) is 0 Å². The van der Waals surface area contributed by atoms with Gasteiger partial charge in [-0.15, -0.1) is 0 Å². The molecular weight excluding hydrogens is 398 g/mol. The van der Waals surface area contributed by atoms with Gasteiger partial charge in [-0.05, 0) is 41.5 Å². The topological polar surface area (TPSA) is 59.2 Å². The van der Waals surface area contributed by atoms with Gasteiger partial charge in [0.1, 0.15) is 0 Å². The van der Waals surface area contributed by atoms with Gasteiger partial charge in [0.15, 0.2) is 0 Å². The van der Waals surface area contributed by atoms with Crippen LogP contribution in [0.25, 0.3) is 22.2 Å². The van der Waals surface area contributed by atoms with E-state index in [-0.39, 0.29) is 5.91 Å². The van der Waals surface area contributed by atoms with E-state index in [1.54, 1.807) is 0 Å². The zero-order chi connectivity index (χ0) is 21.8. The number of benzene rings is 3. The van der Waals surface area contributed by atoms with Crippen molar-refractivity contribution < 1.29 is 9.32 Å². The maximum Gasteiger partial charge on any atom is 0.227 e. The smallest absolute Gasteiger partial charge is 0.227 e. The van der Waals surface area contributed by atoms with Crippen LogP contribution in [0.1, 0.15) is 30.7 Å². The Bertz CT molecular complexity index is 1190. The first-order valence-electron chi connectivity index (χ1n) is 11.4. The average molecular weight is 426 g/mol. The van der Waals surface area contributed by atoms with Crippen LogP contribution in [0.5, 0.6) is 0 Å². The summed E-state index contributed by atoms with van der Waals surface area (Å²) in [4.78, 5) is 19.3. The molecule has 1 amide bonds. The van der Waals surface area contributed by atoms with Crippen LogP contribution in [-0.4, -0.2) is 34.0 Å². The summed E-state index contributed by atoms with van der Waals surface area (Å²) < 4.78 is 5.46. The molecule has 0 radical (unpaired) electrons. The van der Waals surface area contributed by atoms with Crippen molar-refractivity contribution in [2.24, 2.45) is 5.92 Å². The van der Waals surface area contributed by atoms with E-state index in [1.165, 1.54) is 5.56 Å². The minimum absolute atomic E-state index is 0.174. The number of fused-ring (bicyclic) bond motifs is 1. The SMILES string of the molecule is O=C(CCc1nc(-c2cccc3ccccc23)no1)N1CCC(Cc2ccccc2)CC1. The molecule has 5 nitrogen and oxygen atoms in total. The summed E-state index contributed by atoms with van der Waals surface area (Å²) in [6.45, 7) is 1.67. The van der Waals surface area contributed by atoms with E-state index in [9.17, 15) is 4.79 Å². The van der Waals surface area contributed by atoms with Gasteiger partial charge in [-0.25, -0.2) is 0 Å². The molecule has 0 saturated carbocycles. The van der Waals surface area contributed by atoms with Crippen LogP contribution < -0.4 is 0 Å². The van der Waals surface area contributed by atoms with Gasteiger partial charge in [0, 0.05) is 31.5 Å². The molecule has 5 rings (SSSR count). The van der Waals surface area contributed by atoms with Crippen LogP contribution in [0.3, 0.4) is 0 Å². The number of carbonyl (C=O) groups is 1. The number of likely N-dealkylation sites (tertiary alicyclic amines) is 1. The molecule has 1 fully saturated rings. The van der Waals surface area contributed by atoms with Crippen molar-refractivity contribution in [3.05, 3.63) is 84.3 Å². The lowest BCUT2D eigenvalue weighted by Crippen LogP contribution is -2.39. The molecule has 2 heterocycles. The average Bonchev–Trinajstić information content (AvgIpc) is 3.32. The second kappa shape index (κ2) is 9.35. The summed E-state index contributed by atoms with van der Waals surface area (Å²) in [6, 6.07) is 24.9. The highest BCUT2D eigenvalue weighted by atomic mass is 16.5. The van der Waals surface area contributed by atoms with E-state index in [1.807, 2.05) is 29.2 Å². The van der Waals surface area contributed by atoms with E-state index < -0.39 is 0 Å². The van der Waals surface area contributed by atoms with E-state index in [0.29, 0.717) is 30.5 Å². The Hall–Kier alpha value is -3.47. The summed E-state index contributed by atoms with van der Waals surface area (Å²) >= 11 is 0. The van der Waals surface area contributed by atoms with Crippen LogP contribution in [0, 0.1) is 5.92 Å². The predicted octanol–water partition coefficient (Wildman–Crippen LogP) is 5.30. The Labute approximate surface area is 188 Å². The summed E-state index contributed by atoms with van der Waals surface area (Å²) in [7, 11) is 0. The molecule has 1 saturated heterocycles. The largest absolute Gasteiger partial charge is 0.343 e. The first-order chi connectivity index (χ1) is 15.8. The normalized spacial score (nSPS) is 14.7. The zero-order valence-electron chi connectivity index (χ0n) is 18.1. The van der Waals surface area contributed by atoms with Crippen molar-refractivity contribution in [1.29, 1.82) is 0 Å². The minimum atomic E-state index is 0.174. The highest BCUT2D eigenvalue weighted by Crippen LogP contribution is 2.27. The van der Waals surface area contributed by atoms with E-state index >= 15 is 0 Å². The maximum atomic E-state index is 12.7. The highest BCUT2D eigenvalue weighted by molar-refractivity contribution is 5.94. The van der Waals surface area contributed by atoms with E-state index in [4.69, 9.17) is 4.52 Å². The molecule has 1 aliphatic rings. The minimum Gasteiger partial charge on any atom is -0.343 e. The number of rotatable bonds is 6. The number of piperidine rings is 1. The first kappa shape index (κ1) is 20.4. The number of hydrogen-bond donors (Lipinski definition) is 0. The van der Waals surface area contributed by atoms with E-state index in [2.05, 4.69) is 58.7 Å². The maximum absolute atomic E-state index is 12.7. The zero-order valence-corrected chi connectivity index (χ0v) is 18.1. The third kappa shape index (κ3) is 4.57. The van der Waals surface area contributed by atoms with Gasteiger partial charge in [0.05, 0.1) is 0 Å². The monoisotopic (exact) mass is 425 g/mol. The van der Waals surface area contributed by atoms with Crippen molar-refractivity contribution in [3.63, 3.8) is 0 Å². The van der Waals surface area contributed by atoms with Gasteiger partial charge in [-0.1, -0.05) is 78.0 Å². The molecule has 162 valence electrons. The van der Waals surface area contributed by atoms with Crippen LogP contribution >= 0.6 is 0 Å². The number of hydrogen-bond acceptors (Lipinski definition) is 4. The quantitative estimate of drug-likeness (QED) is 0.420. The lowest BCUT2D eigenvalue weighted by molar-refractivity contribution is -0.132. The molecule has 1 aromatic heterocycles. The number of aryl methyl sites for hydroxylation is 1. The molecule has 0 N–H and O–H groups in total. The van der Waals surface area contributed by atoms with Crippen molar-refractivity contribution in [3.8, 4) is 11.4 Å². The van der Waals surface area contributed by atoms with Crippen LogP contribution in [0.4, 0.5) is 0 Å². The highest BCUT2D eigenvalue weighted by Gasteiger charge is 2.23. The molecule has 0 bridgehead atoms. The van der Waals surface area contributed by atoms with Gasteiger partial charge in [-0.2, -0.15) is 4.98 Å². The fraction of sp³-hybridized carbons (Fsp3) is 0.296. The lowest BCUT2D eigenvalue weighted by atomic mass is 9.90. The number of amides is 1. The van der Waals surface area contributed by atoms with Gasteiger partial charge in [-0.3, -0.25) is 4.79 Å². The van der Waals surface area contributed by atoms with Crippen LogP contribution in [-0.2, 0) is 17.6 Å². The molecule has 32 heavy (non-hydrogen) atoms. The van der Waals surface area contributed by atoms with Crippen molar-refractivity contribution in [2.45, 2.75) is 32.1 Å². The Kier molecular flexibility index (Phi) is 5.97. The number of aromatic nitrogens is 2. The Balaban J connectivity index is 1.15. The molecule has 4 aromatic rings. The van der Waals surface area contributed by atoms with Gasteiger partial charge < -0.3 is 9.42 Å². The lowest BCUT2D eigenvalue weighted by Gasteiger charge is -2.32. The molecular formula is C27H27N3O2. The first-order valence-corrected chi connectivity index (χ1v) is 11.4. The van der Waals surface area contributed by atoms with E-state index in [0.717, 1.165) is 48.7 Å². The van der Waals surface area contributed by atoms with Gasteiger partial charge in [0.2, 0.25) is 17.6 Å². The summed E-state index contributed by atoms with van der Waals surface area (Å²) in [5.41, 5.74) is 2.33. The number of nitrogens with zero attached hydrogens (tertiary/aromatic N) is 3. The third-order valence-corrected chi connectivity index (χ3v) is 6.39.